The average molecular weight is 332 g/mol. The molecule has 2 aromatic heterocycles. The third kappa shape index (κ3) is 4.68. The van der Waals surface area contributed by atoms with E-state index in [0.29, 0.717) is 18.3 Å². The largest absolute Gasteiger partial charge is 0.363 e. The van der Waals surface area contributed by atoms with Gasteiger partial charge >= 0.3 is 6.03 Å². The molecule has 0 bridgehead atoms. The van der Waals surface area contributed by atoms with Crippen LogP contribution in [0.1, 0.15) is 37.3 Å². The molecule has 0 aliphatic carbocycles. The standard InChI is InChI=1S/C16H24N6O2/c1-10(2)14(15-18-11(3)21-24-15)20-16(23)17-9-12-7-6-8-13(19-12)22(4)5/h6-8,10,14H,9H2,1-5H3,(H2,17,20,23). The van der Waals surface area contributed by atoms with E-state index in [1.54, 1.807) is 6.92 Å². The Morgan fingerprint density at radius 1 is 1.29 bits per heavy atom. The molecule has 0 fully saturated rings. The third-order valence-corrected chi connectivity index (χ3v) is 3.44. The normalized spacial score (nSPS) is 12.1. The van der Waals surface area contributed by atoms with Crippen LogP contribution in [0.25, 0.3) is 0 Å². The van der Waals surface area contributed by atoms with Crippen molar-refractivity contribution >= 4 is 11.8 Å². The van der Waals surface area contributed by atoms with Gasteiger partial charge in [-0.05, 0) is 25.0 Å². The van der Waals surface area contributed by atoms with Crippen molar-refractivity contribution in [2.45, 2.75) is 33.4 Å². The van der Waals surface area contributed by atoms with Gasteiger partial charge in [0.1, 0.15) is 11.9 Å². The Morgan fingerprint density at radius 3 is 2.62 bits per heavy atom. The van der Waals surface area contributed by atoms with Crippen molar-refractivity contribution in [2.24, 2.45) is 5.92 Å². The fraction of sp³-hybridized carbons (Fsp3) is 0.500. The van der Waals surface area contributed by atoms with Crippen LogP contribution in [-0.4, -0.2) is 35.3 Å². The molecule has 0 saturated heterocycles. The Morgan fingerprint density at radius 2 is 2.04 bits per heavy atom. The Labute approximate surface area is 141 Å². The second-order valence-electron chi connectivity index (χ2n) is 6.11. The van der Waals surface area contributed by atoms with E-state index >= 15 is 0 Å². The van der Waals surface area contributed by atoms with Crippen molar-refractivity contribution in [1.82, 2.24) is 25.8 Å². The first-order chi connectivity index (χ1) is 11.4. The van der Waals surface area contributed by atoms with E-state index in [4.69, 9.17) is 4.52 Å². The molecule has 2 rings (SSSR count). The van der Waals surface area contributed by atoms with E-state index in [1.165, 1.54) is 0 Å². The number of urea groups is 1. The lowest BCUT2D eigenvalue weighted by Gasteiger charge is -2.19. The molecule has 0 aromatic carbocycles. The molecular formula is C16H24N6O2. The molecule has 8 nitrogen and oxygen atoms in total. The second kappa shape index (κ2) is 7.76. The van der Waals surface area contributed by atoms with E-state index in [1.807, 2.05) is 51.0 Å². The summed E-state index contributed by atoms with van der Waals surface area (Å²) in [6.45, 7) is 6.04. The van der Waals surface area contributed by atoms with Crippen LogP contribution >= 0.6 is 0 Å². The number of nitrogens with one attached hydrogen (secondary N) is 2. The Kier molecular flexibility index (Phi) is 5.73. The summed E-state index contributed by atoms with van der Waals surface area (Å²) >= 11 is 0. The van der Waals surface area contributed by atoms with Crippen molar-refractivity contribution in [3.8, 4) is 0 Å². The van der Waals surface area contributed by atoms with Crippen LogP contribution in [0.3, 0.4) is 0 Å². The zero-order chi connectivity index (χ0) is 17.7. The number of aryl methyl sites for hydroxylation is 1. The molecule has 1 atom stereocenters. The van der Waals surface area contributed by atoms with Crippen LogP contribution in [-0.2, 0) is 6.54 Å². The molecule has 0 aliphatic heterocycles. The lowest BCUT2D eigenvalue weighted by Crippen LogP contribution is -2.39. The summed E-state index contributed by atoms with van der Waals surface area (Å²) in [4.78, 5) is 22.8. The van der Waals surface area contributed by atoms with Gasteiger partial charge in [-0.15, -0.1) is 0 Å². The Bertz CT molecular complexity index is 683. The van der Waals surface area contributed by atoms with Crippen LogP contribution in [0.5, 0.6) is 0 Å². The molecular weight excluding hydrogens is 308 g/mol. The van der Waals surface area contributed by atoms with Crippen molar-refractivity contribution in [1.29, 1.82) is 0 Å². The summed E-state index contributed by atoms with van der Waals surface area (Å²) in [5, 5.41) is 9.45. The summed E-state index contributed by atoms with van der Waals surface area (Å²) in [5.74, 6) is 1.91. The molecule has 1 unspecified atom stereocenters. The molecule has 2 N–H and O–H groups in total. The Hall–Kier alpha value is -2.64. The minimum atomic E-state index is -0.340. The van der Waals surface area contributed by atoms with Crippen LogP contribution in [0.4, 0.5) is 10.6 Å². The fourth-order valence-electron chi connectivity index (χ4n) is 2.13. The van der Waals surface area contributed by atoms with Crippen LogP contribution in [0, 0.1) is 12.8 Å². The maximum absolute atomic E-state index is 12.2. The summed E-state index contributed by atoms with van der Waals surface area (Å²) in [6, 6.07) is 5.05. The van der Waals surface area contributed by atoms with Gasteiger partial charge in [0.2, 0.25) is 5.89 Å². The van der Waals surface area contributed by atoms with Crippen molar-refractivity contribution < 1.29 is 9.32 Å². The first-order valence-electron chi connectivity index (χ1n) is 7.84. The van der Waals surface area contributed by atoms with Crippen molar-refractivity contribution in [3.05, 3.63) is 35.6 Å². The zero-order valence-electron chi connectivity index (χ0n) is 14.7. The smallest absolute Gasteiger partial charge is 0.315 e. The van der Waals surface area contributed by atoms with Gasteiger partial charge in [0.15, 0.2) is 5.82 Å². The van der Waals surface area contributed by atoms with Gasteiger partial charge in [-0.25, -0.2) is 9.78 Å². The van der Waals surface area contributed by atoms with Crippen LogP contribution < -0.4 is 15.5 Å². The van der Waals surface area contributed by atoms with Crippen molar-refractivity contribution in [3.63, 3.8) is 0 Å². The first kappa shape index (κ1) is 17.7. The summed E-state index contributed by atoms with van der Waals surface area (Å²) in [7, 11) is 3.84. The van der Waals surface area contributed by atoms with Gasteiger partial charge in [0.25, 0.3) is 0 Å². The van der Waals surface area contributed by atoms with E-state index < -0.39 is 0 Å². The highest BCUT2D eigenvalue weighted by Crippen LogP contribution is 2.19. The van der Waals surface area contributed by atoms with Crippen molar-refractivity contribution in [2.75, 3.05) is 19.0 Å². The topological polar surface area (TPSA) is 96.2 Å². The lowest BCUT2D eigenvalue weighted by molar-refractivity contribution is 0.224. The number of hydrogen-bond donors (Lipinski definition) is 2. The van der Waals surface area contributed by atoms with Gasteiger partial charge in [0, 0.05) is 14.1 Å². The molecule has 130 valence electrons. The SMILES string of the molecule is Cc1noc(C(NC(=O)NCc2cccc(N(C)C)n2)C(C)C)n1. The maximum Gasteiger partial charge on any atom is 0.315 e. The van der Waals surface area contributed by atoms with Gasteiger partial charge < -0.3 is 20.1 Å². The number of amides is 2. The number of aromatic nitrogens is 3. The van der Waals surface area contributed by atoms with E-state index in [-0.39, 0.29) is 18.0 Å². The number of nitrogens with zero attached hydrogens (tertiary/aromatic N) is 4. The minimum Gasteiger partial charge on any atom is -0.363 e. The molecule has 0 aliphatic rings. The number of pyridine rings is 1. The lowest BCUT2D eigenvalue weighted by atomic mass is 10.0. The number of hydrogen-bond acceptors (Lipinski definition) is 6. The summed E-state index contributed by atoms with van der Waals surface area (Å²) < 4.78 is 5.17. The molecule has 2 heterocycles. The van der Waals surface area contributed by atoms with Gasteiger partial charge in [-0.1, -0.05) is 25.1 Å². The Balaban J connectivity index is 1.95. The molecule has 24 heavy (non-hydrogen) atoms. The molecule has 0 spiro atoms. The predicted molar refractivity (Wildman–Crippen MR) is 90.5 cm³/mol. The van der Waals surface area contributed by atoms with Crippen LogP contribution in [0.15, 0.2) is 22.7 Å². The summed E-state index contributed by atoms with van der Waals surface area (Å²) in [5.41, 5.74) is 0.783. The van der Waals surface area contributed by atoms with Gasteiger partial charge in [-0.2, -0.15) is 4.98 Å². The van der Waals surface area contributed by atoms with E-state index in [9.17, 15) is 4.79 Å². The maximum atomic E-state index is 12.2. The van der Waals surface area contributed by atoms with E-state index in [2.05, 4.69) is 25.8 Å². The number of carbonyl (C=O) groups is 1. The first-order valence-corrected chi connectivity index (χ1v) is 7.84. The fourth-order valence-corrected chi connectivity index (χ4v) is 2.13. The third-order valence-electron chi connectivity index (χ3n) is 3.44. The monoisotopic (exact) mass is 332 g/mol. The number of anilines is 1. The minimum absolute atomic E-state index is 0.116. The predicted octanol–water partition coefficient (Wildman–Crippen LogP) is 2.04. The number of carbonyl (C=O) groups excluding carboxylic acids is 1. The molecule has 2 amide bonds. The number of rotatable bonds is 6. The molecule has 8 heteroatoms. The average Bonchev–Trinajstić information content (AvgIpc) is 2.96. The zero-order valence-corrected chi connectivity index (χ0v) is 14.7. The van der Waals surface area contributed by atoms with Gasteiger partial charge in [-0.3, -0.25) is 0 Å². The highest BCUT2D eigenvalue weighted by atomic mass is 16.5. The quantitative estimate of drug-likeness (QED) is 0.840. The molecule has 2 aromatic rings. The molecule has 0 radical (unpaired) electrons. The summed E-state index contributed by atoms with van der Waals surface area (Å²) in [6.07, 6.45) is 0. The molecule has 0 saturated carbocycles. The van der Waals surface area contributed by atoms with Gasteiger partial charge in [0.05, 0.1) is 12.2 Å². The van der Waals surface area contributed by atoms with E-state index in [0.717, 1.165) is 11.5 Å². The van der Waals surface area contributed by atoms with Crippen LogP contribution in [0.2, 0.25) is 0 Å². The second-order valence-corrected chi connectivity index (χ2v) is 6.11. The highest BCUT2D eigenvalue weighted by molar-refractivity contribution is 5.74. The highest BCUT2D eigenvalue weighted by Gasteiger charge is 2.23.